The molecule has 0 radical (unpaired) electrons. The molecule has 0 unspecified atom stereocenters. The van der Waals surface area contributed by atoms with Crippen molar-refractivity contribution in [2.45, 2.75) is 43.9 Å². The highest BCUT2D eigenvalue weighted by Gasteiger charge is 2.53. The number of rotatable bonds is 5. The lowest BCUT2D eigenvalue weighted by Crippen LogP contribution is -2.56. The molecule has 148 valence electrons. The number of hydrogen-bond donors (Lipinski definition) is 1. The van der Waals surface area contributed by atoms with Crippen LogP contribution < -0.4 is 5.32 Å². The highest BCUT2D eigenvalue weighted by atomic mass is 19.1. The van der Waals surface area contributed by atoms with Crippen molar-refractivity contribution in [3.05, 3.63) is 35.4 Å². The van der Waals surface area contributed by atoms with Crippen molar-refractivity contribution in [1.82, 2.24) is 10.2 Å². The second kappa shape index (κ2) is 8.31. The Morgan fingerprint density at radius 1 is 1.30 bits per heavy atom. The molecule has 2 fully saturated rings. The SMILES string of the molecule is COCCNC(=O)[C@@H]1COC2(CCCCC2)N1C(=O)c1ccc(F)cc1F. The first-order valence-electron chi connectivity index (χ1n) is 9.18. The molecular weight excluding hydrogens is 358 g/mol. The number of ether oxygens (including phenoxy) is 2. The molecule has 1 aliphatic carbocycles. The average molecular weight is 382 g/mol. The van der Waals surface area contributed by atoms with E-state index in [1.807, 2.05) is 0 Å². The lowest BCUT2D eigenvalue weighted by molar-refractivity contribution is -0.127. The molecule has 1 aliphatic heterocycles. The van der Waals surface area contributed by atoms with Gasteiger partial charge in [-0.3, -0.25) is 14.5 Å². The summed E-state index contributed by atoms with van der Waals surface area (Å²) in [4.78, 5) is 27.2. The van der Waals surface area contributed by atoms with Crippen molar-refractivity contribution in [3.63, 3.8) is 0 Å². The van der Waals surface area contributed by atoms with Gasteiger partial charge in [0.2, 0.25) is 5.91 Å². The molecular formula is C19H24F2N2O4. The summed E-state index contributed by atoms with van der Waals surface area (Å²) in [6.45, 7) is 0.685. The molecule has 1 spiro atoms. The maximum Gasteiger partial charge on any atom is 0.259 e. The topological polar surface area (TPSA) is 67.9 Å². The lowest BCUT2D eigenvalue weighted by Gasteiger charge is -2.41. The fourth-order valence-electron chi connectivity index (χ4n) is 3.86. The Bertz CT molecular complexity index is 707. The highest BCUT2D eigenvalue weighted by Crippen LogP contribution is 2.41. The summed E-state index contributed by atoms with van der Waals surface area (Å²) in [6.07, 6.45) is 3.90. The van der Waals surface area contributed by atoms with E-state index in [0.29, 0.717) is 32.1 Å². The Morgan fingerprint density at radius 2 is 2.04 bits per heavy atom. The third kappa shape index (κ3) is 3.96. The van der Waals surface area contributed by atoms with Gasteiger partial charge in [0, 0.05) is 19.7 Å². The van der Waals surface area contributed by atoms with Gasteiger partial charge in [-0.15, -0.1) is 0 Å². The van der Waals surface area contributed by atoms with E-state index < -0.39 is 29.3 Å². The third-order valence-corrected chi connectivity index (χ3v) is 5.18. The Kier molecular flexibility index (Phi) is 6.06. The molecule has 2 aliphatic rings. The van der Waals surface area contributed by atoms with Crippen LogP contribution in [0.2, 0.25) is 0 Å². The van der Waals surface area contributed by atoms with Crippen LogP contribution in [0.1, 0.15) is 42.5 Å². The van der Waals surface area contributed by atoms with Gasteiger partial charge in [-0.25, -0.2) is 8.78 Å². The smallest absolute Gasteiger partial charge is 0.259 e. The molecule has 0 bridgehead atoms. The van der Waals surface area contributed by atoms with Gasteiger partial charge in [0.1, 0.15) is 23.4 Å². The minimum atomic E-state index is -0.948. The molecule has 1 N–H and O–H groups in total. The maximum absolute atomic E-state index is 14.2. The summed E-state index contributed by atoms with van der Waals surface area (Å²) < 4.78 is 38.4. The van der Waals surface area contributed by atoms with Crippen molar-refractivity contribution >= 4 is 11.8 Å². The van der Waals surface area contributed by atoms with Gasteiger partial charge >= 0.3 is 0 Å². The standard InChI is InChI=1S/C19H24F2N2O4/c1-26-10-9-22-17(24)16-12-27-19(7-3-2-4-8-19)23(16)18(25)14-6-5-13(20)11-15(14)21/h5-6,11,16H,2-4,7-10,12H2,1H3,(H,22,24)/t16-/m0/s1. The van der Waals surface area contributed by atoms with Gasteiger partial charge < -0.3 is 14.8 Å². The highest BCUT2D eigenvalue weighted by molar-refractivity contribution is 5.98. The zero-order chi connectivity index (χ0) is 19.4. The van der Waals surface area contributed by atoms with Gasteiger partial charge in [0.25, 0.3) is 5.91 Å². The van der Waals surface area contributed by atoms with Gasteiger partial charge in [0.05, 0.1) is 18.8 Å². The molecule has 8 heteroatoms. The van der Waals surface area contributed by atoms with Crippen LogP contribution in [0.25, 0.3) is 0 Å². The van der Waals surface area contributed by atoms with E-state index in [1.165, 1.54) is 12.0 Å². The van der Waals surface area contributed by atoms with Crippen molar-refractivity contribution in [2.75, 3.05) is 26.9 Å². The Morgan fingerprint density at radius 3 is 2.70 bits per heavy atom. The van der Waals surface area contributed by atoms with Gasteiger partial charge in [-0.1, -0.05) is 6.42 Å². The summed E-state index contributed by atoms with van der Waals surface area (Å²) in [7, 11) is 1.52. The Labute approximate surface area is 156 Å². The molecule has 1 atom stereocenters. The summed E-state index contributed by atoms with van der Waals surface area (Å²) >= 11 is 0. The van der Waals surface area contributed by atoms with Crippen molar-refractivity contribution < 1.29 is 27.8 Å². The van der Waals surface area contributed by atoms with Crippen LogP contribution >= 0.6 is 0 Å². The summed E-state index contributed by atoms with van der Waals surface area (Å²) in [5.74, 6) is -2.73. The van der Waals surface area contributed by atoms with Crippen molar-refractivity contribution in [3.8, 4) is 0 Å². The minimum absolute atomic E-state index is 0.0490. The number of methoxy groups -OCH3 is 1. The fourth-order valence-corrected chi connectivity index (χ4v) is 3.86. The van der Waals surface area contributed by atoms with Gasteiger partial charge in [-0.05, 0) is 37.8 Å². The molecule has 1 saturated carbocycles. The second-order valence-electron chi connectivity index (χ2n) is 6.92. The van der Waals surface area contributed by atoms with Crippen LogP contribution in [0.5, 0.6) is 0 Å². The van der Waals surface area contributed by atoms with Crippen molar-refractivity contribution in [1.29, 1.82) is 0 Å². The largest absolute Gasteiger partial charge is 0.383 e. The zero-order valence-electron chi connectivity index (χ0n) is 15.3. The summed E-state index contributed by atoms with van der Waals surface area (Å²) in [5, 5.41) is 2.72. The number of amides is 2. The molecule has 1 heterocycles. The quantitative estimate of drug-likeness (QED) is 0.793. The molecule has 1 aromatic carbocycles. The summed E-state index contributed by atoms with van der Waals surface area (Å²) in [5.41, 5.74) is -1.18. The maximum atomic E-state index is 14.2. The minimum Gasteiger partial charge on any atom is -0.383 e. The molecule has 2 amide bonds. The normalized spacial score (nSPS) is 21.4. The third-order valence-electron chi connectivity index (χ3n) is 5.18. The Hall–Kier alpha value is -2.06. The first-order valence-corrected chi connectivity index (χ1v) is 9.18. The van der Waals surface area contributed by atoms with Gasteiger partial charge in [-0.2, -0.15) is 0 Å². The number of hydrogen-bond acceptors (Lipinski definition) is 4. The van der Waals surface area contributed by atoms with E-state index in [9.17, 15) is 18.4 Å². The van der Waals surface area contributed by atoms with E-state index >= 15 is 0 Å². The predicted octanol–water partition coefficient (Wildman–Crippen LogP) is 2.23. The first kappa shape index (κ1) is 19.7. The molecule has 1 saturated heterocycles. The molecule has 6 nitrogen and oxygen atoms in total. The number of halogens is 2. The molecule has 3 rings (SSSR count). The molecule has 1 aromatic rings. The molecule has 0 aromatic heterocycles. The van der Waals surface area contributed by atoms with Crippen molar-refractivity contribution in [2.24, 2.45) is 0 Å². The first-order chi connectivity index (χ1) is 13.0. The van der Waals surface area contributed by atoms with E-state index in [-0.39, 0.29) is 18.1 Å². The van der Waals surface area contributed by atoms with Crippen LogP contribution in [-0.4, -0.2) is 55.3 Å². The van der Waals surface area contributed by atoms with Crippen LogP contribution in [0, 0.1) is 11.6 Å². The monoisotopic (exact) mass is 382 g/mol. The van der Waals surface area contributed by atoms with Crippen LogP contribution in [0.3, 0.4) is 0 Å². The number of nitrogens with one attached hydrogen (secondary N) is 1. The van der Waals surface area contributed by atoms with E-state index in [2.05, 4.69) is 5.32 Å². The van der Waals surface area contributed by atoms with E-state index in [4.69, 9.17) is 9.47 Å². The van der Waals surface area contributed by atoms with Crippen LogP contribution in [-0.2, 0) is 14.3 Å². The number of nitrogens with zero attached hydrogens (tertiary/aromatic N) is 1. The van der Waals surface area contributed by atoms with Crippen LogP contribution in [0.15, 0.2) is 18.2 Å². The van der Waals surface area contributed by atoms with Crippen LogP contribution in [0.4, 0.5) is 8.78 Å². The summed E-state index contributed by atoms with van der Waals surface area (Å²) in [6, 6.07) is 1.96. The lowest BCUT2D eigenvalue weighted by atomic mass is 9.89. The zero-order valence-corrected chi connectivity index (χ0v) is 15.3. The van der Waals surface area contributed by atoms with E-state index in [1.54, 1.807) is 0 Å². The average Bonchev–Trinajstić information content (AvgIpc) is 3.00. The predicted molar refractivity (Wildman–Crippen MR) is 93.0 cm³/mol. The molecule has 27 heavy (non-hydrogen) atoms. The number of carbonyl (C=O) groups is 2. The number of benzene rings is 1. The fraction of sp³-hybridized carbons (Fsp3) is 0.579. The number of carbonyl (C=O) groups excluding carboxylic acids is 2. The Balaban J connectivity index is 1.90. The second-order valence-corrected chi connectivity index (χ2v) is 6.92. The van der Waals surface area contributed by atoms with Gasteiger partial charge in [0.15, 0.2) is 0 Å². The van der Waals surface area contributed by atoms with E-state index in [0.717, 1.165) is 31.4 Å².